The van der Waals surface area contributed by atoms with Crippen molar-refractivity contribution in [1.82, 2.24) is 20.1 Å². The van der Waals surface area contributed by atoms with E-state index >= 15 is 0 Å². The number of fused-ring (bicyclic) bond motifs is 2. The van der Waals surface area contributed by atoms with Crippen LogP contribution in [0, 0.1) is 0 Å². The molecule has 1 atom stereocenters. The SMILES string of the molecule is O=C(NC1CCc2nnc(C3CC3)n2CC1)c1c(O)ccc2ccccc12. The normalized spacial score (nSPS) is 19.5. The van der Waals surface area contributed by atoms with Crippen LogP contribution in [0.15, 0.2) is 36.4 Å². The van der Waals surface area contributed by atoms with Crippen LogP contribution in [0.5, 0.6) is 5.75 Å². The van der Waals surface area contributed by atoms with Gasteiger partial charge in [0.25, 0.3) is 5.91 Å². The Hall–Kier alpha value is -2.89. The fourth-order valence-electron chi connectivity index (χ4n) is 4.05. The van der Waals surface area contributed by atoms with Gasteiger partial charge >= 0.3 is 0 Å². The number of aryl methyl sites for hydroxylation is 1. The van der Waals surface area contributed by atoms with Gasteiger partial charge in [-0.3, -0.25) is 4.79 Å². The zero-order valence-electron chi connectivity index (χ0n) is 15.1. The zero-order valence-corrected chi connectivity index (χ0v) is 15.1. The summed E-state index contributed by atoms with van der Waals surface area (Å²) in [6, 6.07) is 11.1. The first-order chi connectivity index (χ1) is 13.2. The average molecular weight is 362 g/mol. The molecule has 1 saturated carbocycles. The number of rotatable bonds is 3. The van der Waals surface area contributed by atoms with E-state index in [1.54, 1.807) is 6.07 Å². The van der Waals surface area contributed by atoms with Crippen LogP contribution in [-0.2, 0) is 13.0 Å². The highest BCUT2D eigenvalue weighted by atomic mass is 16.3. The Morgan fingerprint density at radius 1 is 1.07 bits per heavy atom. The van der Waals surface area contributed by atoms with Gasteiger partial charge in [0, 0.05) is 24.9 Å². The lowest BCUT2D eigenvalue weighted by molar-refractivity contribution is 0.0932. The van der Waals surface area contributed by atoms with Crippen molar-refractivity contribution in [3.63, 3.8) is 0 Å². The highest BCUT2D eigenvalue weighted by Crippen LogP contribution is 2.39. The first-order valence-corrected chi connectivity index (χ1v) is 9.64. The van der Waals surface area contributed by atoms with Crippen molar-refractivity contribution < 1.29 is 9.90 Å². The van der Waals surface area contributed by atoms with Crippen molar-refractivity contribution in [2.45, 2.75) is 50.6 Å². The average Bonchev–Trinajstić information content (AvgIpc) is 3.47. The molecule has 5 rings (SSSR count). The molecule has 3 aromatic rings. The summed E-state index contributed by atoms with van der Waals surface area (Å²) in [7, 11) is 0. The van der Waals surface area contributed by atoms with E-state index < -0.39 is 0 Å². The van der Waals surface area contributed by atoms with Crippen LogP contribution in [0.1, 0.15) is 53.6 Å². The van der Waals surface area contributed by atoms with Gasteiger partial charge in [0.1, 0.15) is 17.4 Å². The fraction of sp³-hybridized carbons (Fsp3) is 0.381. The van der Waals surface area contributed by atoms with E-state index in [1.807, 2.05) is 30.3 Å². The second-order valence-electron chi connectivity index (χ2n) is 7.58. The quantitative estimate of drug-likeness (QED) is 0.750. The highest BCUT2D eigenvalue weighted by molar-refractivity contribution is 6.09. The Balaban J connectivity index is 1.36. The maximum atomic E-state index is 13.0. The largest absolute Gasteiger partial charge is 0.507 e. The van der Waals surface area contributed by atoms with E-state index in [0.717, 1.165) is 48.2 Å². The molecule has 27 heavy (non-hydrogen) atoms. The van der Waals surface area contributed by atoms with E-state index in [1.165, 1.54) is 12.8 Å². The minimum atomic E-state index is -0.214. The number of phenols is 1. The van der Waals surface area contributed by atoms with Crippen molar-refractivity contribution >= 4 is 16.7 Å². The summed E-state index contributed by atoms with van der Waals surface area (Å²) in [4.78, 5) is 13.0. The third-order valence-electron chi connectivity index (χ3n) is 5.69. The van der Waals surface area contributed by atoms with Gasteiger partial charge in [0.2, 0.25) is 0 Å². The second kappa shape index (κ2) is 6.37. The van der Waals surface area contributed by atoms with Crippen molar-refractivity contribution in [3.05, 3.63) is 53.6 Å². The molecule has 0 saturated heterocycles. The smallest absolute Gasteiger partial charge is 0.255 e. The molecule has 2 heterocycles. The Bertz CT molecular complexity index is 1020. The van der Waals surface area contributed by atoms with Gasteiger partial charge in [-0.25, -0.2) is 0 Å². The number of aromatic nitrogens is 3. The van der Waals surface area contributed by atoms with Crippen LogP contribution in [0.3, 0.4) is 0 Å². The fourth-order valence-corrected chi connectivity index (χ4v) is 4.05. The highest BCUT2D eigenvalue weighted by Gasteiger charge is 2.31. The van der Waals surface area contributed by atoms with Gasteiger partial charge in [0.15, 0.2) is 0 Å². The maximum absolute atomic E-state index is 13.0. The van der Waals surface area contributed by atoms with Gasteiger partial charge in [-0.2, -0.15) is 0 Å². The summed E-state index contributed by atoms with van der Waals surface area (Å²) >= 11 is 0. The van der Waals surface area contributed by atoms with Crippen molar-refractivity contribution in [2.24, 2.45) is 0 Å². The standard InChI is InChI=1S/C21H22N4O2/c26-17-9-7-13-3-1-2-4-16(13)19(17)21(27)22-15-8-10-18-23-24-20(14-5-6-14)25(18)12-11-15/h1-4,7,9,14-15,26H,5-6,8,10-12H2,(H,22,27). The summed E-state index contributed by atoms with van der Waals surface area (Å²) in [6.45, 7) is 0.834. The number of aromatic hydroxyl groups is 1. The number of phenolic OH excluding ortho intramolecular Hbond substituents is 1. The molecular weight excluding hydrogens is 340 g/mol. The van der Waals surface area contributed by atoms with Gasteiger partial charge in [0.05, 0.1) is 5.56 Å². The van der Waals surface area contributed by atoms with Crippen LogP contribution < -0.4 is 5.32 Å². The Morgan fingerprint density at radius 2 is 1.93 bits per heavy atom. The molecule has 6 nitrogen and oxygen atoms in total. The first kappa shape index (κ1) is 16.3. The maximum Gasteiger partial charge on any atom is 0.255 e. The number of nitrogens with zero attached hydrogens (tertiary/aromatic N) is 3. The minimum absolute atomic E-state index is 0.0213. The van der Waals surface area contributed by atoms with Crippen molar-refractivity contribution in [2.75, 3.05) is 0 Å². The number of hydrogen-bond acceptors (Lipinski definition) is 4. The third-order valence-corrected chi connectivity index (χ3v) is 5.69. The zero-order chi connectivity index (χ0) is 18.4. The van der Waals surface area contributed by atoms with Crippen molar-refractivity contribution in [3.8, 4) is 5.75 Å². The van der Waals surface area contributed by atoms with E-state index in [-0.39, 0.29) is 17.7 Å². The molecule has 1 unspecified atom stereocenters. The van der Waals surface area contributed by atoms with Crippen LogP contribution in [-0.4, -0.2) is 31.8 Å². The molecule has 1 aliphatic heterocycles. The molecule has 138 valence electrons. The van der Waals surface area contributed by atoms with Gasteiger partial charge in [-0.15, -0.1) is 10.2 Å². The summed E-state index contributed by atoms with van der Waals surface area (Å²) in [6.07, 6.45) is 4.91. The number of benzene rings is 2. The predicted octanol–water partition coefficient (Wildman–Crippen LogP) is 3.15. The van der Waals surface area contributed by atoms with Crippen LogP contribution in [0.25, 0.3) is 10.8 Å². The molecule has 2 aliphatic rings. The number of hydrogen-bond donors (Lipinski definition) is 2. The Labute approximate surface area is 157 Å². The molecule has 0 spiro atoms. The lowest BCUT2D eigenvalue weighted by atomic mass is 10.0. The van der Waals surface area contributed by atoms with E-state index in [9.17, 15) is 9.90 Å². The summed E-state index contributed by atoms with van der Waals surface area (Å²) < 4.78 is 2.25. The summed E-state index contributed by atoms with van der Waals surface area (Å²) in [5, 5.41) is 23.9. The van der Waals surface area contributed by atoms with E-state index in [0.29, 0.717) is 11.5 Å². The van der Waals surface area contributed by atoms with Gasteiger partial charge in [-0.1, -0.05) is 30.3 Å². The molecule has 1 aromatic heterocycles. The summed E-state index contributed by atoms with van der Waals surface area (Å²) in [5.74, 6) is 2.53. The molecule has 6 heteroatoms. The summed E-state index contributed by atoms with van der Waals surface area (Å²) in [5.41, 5.74) is 0.357. The van der Waals surface area contributed by atoms with E-state index in [2.05, 4.69) is 20.1 Å². The molecular formula is C21H22N4O2. The van der Waals surface area contributed by atoms with Crippen LogP contribution in [0.2, 0.25) is 0 Å². The molecule has 1 amide bonds. The molecule has 2 aromatic carbocycles. The van der Waals surface area contributed by atoms with Crippen LogP contribution in [0.4, 0.5) is 0 Å². The lowest BCUT2D eigenvalue weighted by Gasteiger charge is -2.17. The topological polar surface area (TPSA) is 80.0 Å². The molecule has 1 fully saturated rings. The third kappa shape index (κ3) is 2.95. The van der Waals surface area contributed by atoms with Gasteiger partial charge in [-0.05, 0) is 42.5 Å². The molecule has 2 N–H and O–H groups in total. The Kier molecular flexibility index (Phi) is 3.85. The number of nitrogens with one attached hydrogen (secondary N) is 1. The van der Waals surface area contributed by atoms with Crippen molar-refractivity contribution in [1.29, 1.82) is 0 Å². The number of amides is 1. The molecule has 1 aliphatic carbocycles. The minimum Gasteiger partial charge on any atom is -0.507 e. The number of carbonyl (C=O) groups excluding carboxylic acids is 1. The second-order valence-corrected chi connectivity index (χ2v) is 7.58. The Morgan fingerprint density at radius 3 is 2.78 bits per heavy atom. The van der Waals surface area contributed by atoms with Gasteiger partial charge < -0.3 is 15.0 Å². The molecule has 0 bridgehead atoms. The first-order valence-electron chi connectivity index (χ1n) is 9.64. The molecule has 0 radical (unpaired) electrons. The predicted molar refractivity (Wildman–Crippen MR) is 102 cm³/mol. The van der Waals surface area contributed by atoms with Crippen LogP contribution >= 0.6 is 0 Å². The lowest BCUT2D eigenvalue weighted by Crippen LogP contribution is -2.35. The van der Waals surface area contributed by atoms with E-state index in [4.69, 9.17) is 0 Å². The monoisotopic (exact) mass is 362 g/mol. The number of carbonyl (C=O) groups is 1.